The summed E-state index contributed by atoms with van der Waals surface area (Å²) >= 11 is 6.06. The van der Waals surface area contributed by atoms with Gasteiger partial charge in [0.15, 0.2) is 6.61 Å². The zero-order valence-electron chi connectivity index (χ0n) is 20.4. The Kier molecular flexibility index (Phi) is 10.2. The number of benzene rings is 3. The van der Waals surface area contributed by atoms with Gasteiger partial charge in [0.2, 0.25) is 5.91 Å². The second kappa shape index (κ2) is 13.5. The van der Waals surface area contributed by atoms with E-state index in [0.717, 1.165) is 24.0 Å². The van der Waals surface area contributed by atoms with Crippen LogP contribution in [-0.2, 0) is 29.0 Å². The standard InChI is InChI=1S/C29H33ClN2O3/c1-3-18-31-29(34)27(19-23-8-6-5-7-9-23)32(20-24-10-14-25(30)15-11-24)28(33)21-35-26-16-12-22(4-2)13-17-26/h5-17,27H,3-4,18-21H2,1-2H3,(H,31,34)/t27-/m1/s1. The first kappa shape index (κ1) is 26.3. The lowest BCUT2D eigenvalue weighted by Crippen LogP contribution is -2.51. The van der Waals surface area contributed by atoms with Crippen LogP contribution in [0.2, 0.25) is 5.02 Å². The number of aryl methyl sites for hydroxylation is 1. The lowest BCUT2D eigenvalue weighted by molar-refractivity contribution is -0.142. The van der Waals surface area contributed by atoms with Crippen molar-refractivity contribution in [3.8, 4) is 5.75 Å². The number of carbonyl (C=O) groups excluding carboxylic acids is 2. The van der Waals surface area contributed by atoms with Crippen LogP contribution in [0.15, 0.2) is 78.9 Å². The predicted octanol–water partition coefficient (Wildman–Crippen LogP) is 5.45. The number of hydrogen-bond acceptors (Lipinski definition) is 3. The second-order valence-corrected chi connectivity index (χ2v) is 8.87. The molecule has 0 aliphatic heterocycles. The van der Waals surface area contributed by atoms with E-state index < -0.39 is 6.04 Å². The Morgan fingerprint density at radius 1 is 0.886 bits per heavy atom. The fourth-order valence-electron chi connectivity index (χ4n) is 3.76. The van der Waals surface area contributed by atoms with Crippen LogP contribution in [0, 0.1) is 0 Å². The summed E-state index contributed by atoms with van der Waals surface area (Å²) in [5, 5.41) is 3.59. The molecule has 3 rings (SSSR count). The maximum absolute atomic E-state index is 13.5. The fourth-order valence-corrected chi connectivity index (χ4v) is 3.88. The highest BCUT2D eigenvalue weighted by molar-refractivity contribution is 6.30. The van der Waals surface area contributed by atoms with Crippen LogP contribution >= 0.6 is 11.6 Å². The molecule has 35 heavy (non-hydrogen) atoms. The van der Waals surface area contributed by atoms with Crippen molar-refractivity contribution in [2.24, 2.45) is 0 Å². The van der Waals surface area contributed by atoms with Crippen molar-refractivity contribution in [2.45, 2.75) is 45.7 Å². The van der Waals surface area contributed by atoms with Crippen molar-refractivity contribution < 1.29 is 14.3 Å². The lowest BCUT2D eigenvalue weighted by Gasteiger charge is -2.31. The Hall–Kier alpha value is -3.31. The third kappa shape index (κ3) is 8.15. The number of rotatable bonds is 12. The van der Waals surface area contributed by atoms with Gasteiger partial charge in [-0.05, 0) is 53.8 Å². The summed E-state index contributed by atoms with van der Waals surface area (Å²) in [5.41, 5.74) is 3.06. The van der Waals surface area contributed by atoms with E-state index >= 15 is 0 Å². The van der Waals surface area contributed by atoms with E-state index in [1.807, 2.05) is 73.7 Å². The third-order valence-corrected chi connectivity index (χ3v) is 6.03. The molecule has 1 N–H and O–H groups in total. The number of amides is 2. The predicted molar refractivity (Wildman–Crippen MR) is 141 cm³/mol. The average Bonchev–Trinajstić information content (AvgIpc) is 2.89. The van der Waals surface area contributed by atoms with Crippen LogP contribution in [-0.4, -0.2) is 35.9 Å². The Labute approximate surface area is 213 Å². The zero-order chi connectivity index (χ0) is 25.0. The van der Waals surface area contributed by atoms with Crippen LogP contribution in [0.1, 0.15) is 37.0 Å². The van der Waals surface area contributed by atoms with Gasteiger partial charge in [-0.15, -0.1) is 0 Å². The minimum Gasteiger partial charge on any atom is -0.484 e. The number of carbonyl (C=O) groups is 2. The molecule has 0 aromatic heterocycles. The van der Waals surface area contributed by atoms with E-state index in [1.165, 1.54) is 5.56 Å². The Morgan fingerprint density at radius 3 is 2.17 bits per heavy atom. The molecule has 184 valence electrons. The molecule has 0 bridgehead atoms. The lowest BCUT2D eigenvalue weighted by atomic mass is 10.0. The molecule has 0 fully saturated rings. The number of halogens is 1. The van der Waals surface area contributed by atoms with Crippen LogP contribution < -0.4 is 10.1 Å². The smallest absolute Gasteiger partial charge is 0.261 e. The molecule has 0 saturated heterocycles. The largest absolute Gasteiger partial charge is 0.484 e. The first-order valence-electron chi connectivity index (χ1n) is 12.1. The number of hydrogen-bond donors (Lipinski definition) is 1. The molecular formula is C29H33ClN2O3. The van der Waals surface area contributed by atoms with Gasteiger partial charge in [0.05, 0.1) is 0 Å². The molecule has 2 amide bonds. The summed E-state index contributed by atoms with van der Waals surface area (Å²) in [4.78, 5) is 28.4. The second-order valence-electron chi connectivity index (χ2n) is 8.43. The molecule has 3 aromatic rings. The quantitative estimate of drug-likeness (QED) is 0.366. The third-order valence-electron chi connectivity index (χ3n) is 5.78. The van der Waals surface area contributed by atoms with E-state index in [4.69, 9.17) is 16.3 Å². The van der Waals surface area contributed by atoms with Gasteiger partial charge in [-0.3, -0.25) is 9.59 Å². The molecule has 1 atom stereocenters. The van der Waals surface area contributed by atoms with Crippen LogP contribution in [0.4, 0.5) is 0 Å². The summed E-state index contributed by atoms with van der Waals surface area (Å²) in [7, 11) is 0. The summed E-state index contributed by atoms with van der Waals surface area (Å²) < 4.78 is 5.82. The summed E-state index contributed by atoms with van der Waals surface area (Å²) in [6, 6.07) is 24.1. The van der Waals surface area contributed by atoms with Gasteiger partial charge in [0.25, 0.3) is 5.91 Å². The molecule has 0 aliphatic rings. The van der Waals surface area contributed by atoms with Gasteiger partial charge in [0.1, 0.15) is 11.8 Å². The minimum atomic E-state index is -0.682. The average molecular weight is 493 g/mol. The highest BCUT2D eigenvalue weighted by atomic mass is 35.5. The van der Waals surface area contributed by atoms with Crippen molar-refractivity contribution in [2.75, 3.05) is 13.2 Å². The van der Waals surface area contributed by atoms with E-state index in [0.29, 0.717) is 23.7 Å². The zero-order valence-corrected chi connectivity index (χ0v) is 21.1. The molecule has 0 saturated carbocycles. The monoisotopic (exact) mass is 492 g/mol. The highest BCUT2D eigenvalue weighted by Crippen LogP contribution is 2.18. The Bertz CT molecular complexity index is 1070. The maximum Gasteiger partial charge on any atom is 0.261 e. The minimum absolute atomic E-state index is 0.161. The maximum atomic E-state index is 13.5. The van der Waals surface area contributed by atoms with Gasteiger partial charge >= 0.3 is 0 Å². The van der Waals surface area contributed by atoms with Gasteiger partial charge in [-0.25, -0.2) is 0 Å². The summed E-state index contributed by atoms with van der Waals surface area (Å²) in [6.45, 7) is 4.75. The van der Waals surface area contributed by atoms with Crippen LogP contribution in [0.25, 0.3) is 0 Å². The van der Waals surface area contributed by atoms with Crippen LogP contribution in [0.3, 0.4) is 0 Å². The van der Waals surface area contributed by atoms with Crippen molar-refractivity contribution in [3.05, 3.63) is 101 Å². The fraction of sp³-hybridized carbons (Fsp3) is 0.310. The van der Waals surface area contributed by atoms with E-state index in [9.17, 15) is 9.59 Å². The van der Waals surface area contributed by atoms with E-state index in [1.54, 1.807) is 17.0 Å². The normalized spacial score (nSPS) is 11.5. The van der Waals surface area contributed by atoms with Crippen molar-refractivity contribution >= 4 is 23.4 Å². The number of nitrogens with one attached hydrogen (secondary N) is 1. The molecule has 0 radical (unpaired) electrons. The van der Waals surface area contributed by atoms with Gasteiger partial charge in [0, 0.05) is 24.5 Å². The molecule has 0 spiro atoms. The Balaban J connectivity index is 1.86. The SMILES string of the molecule is CCCNC(=O)[C@@H](Cc1ccccc1)N(Cc1ccc(Cl)cc1)C(=O)COc1ccc(CC)cc1. The molecule has 3 aromatic carbocycles. The summed E-state index contributed by atoms with van der Waals surface area (Å²) in [5.74, 6) is 0.189. The first-order chi connectivity index (χ1) is 17.0. The molecule has 0 heterocycles. The molecule has 0 unspecified atom stereocenters. The van der Waals surface area contributed by atoms with Crippen molar-refractivity contribution in [1.29, 1.82) is 0 Å². The topological polar surface area (TPSA) is 58.6 Å². The molecular weight excluding hydrogens is 460 g/mol. The molecule has 5 nitrogen and oxygen atoms in total. The summed E-state index contributed by atoms with van der Waals surface area (Å²) in [6.07, 6.45) is 2.15. The Morgan fingerprint density at radius 2 is 1.54 bits per heavy atom. The van der Waals surface area contributed by atoms with Crippen molar-refractivity contribution in [1.82, 2.24) is 10.2 Å². The molecule has 6 heteroatoms. The molecule has 0 aliphatic carbocycles. The van der Waals surface area contributed by atoms with Gasteiger partial charge in [-0.1, -0.05) is 80.0 Å². The van der Waals surface area contributed by atoms with Crippen molar-refractivity contribution in [3.63, 3.8) is 0 Å². The number of nitrogens with zero attached hydrogens (tertiary/aromatic N) is 1. The number of ether oxygens (including phenoxy) is 1. The van der Waals surface area contributed by atoms with Crippen LogP contribution in [0.5, 0.6) is 5.75 Å². The van der Waals surface area contributed by atoms with E-state index in [2.05, 4.69) is 12.2 Å². The van der Waals surface area contributed by atoms with Gasteiger partial charge < -0.3 is 15.0 Å². The van der Waals surface area contributed by atoms with E-state index in [-0.39, 0.29) is 25.0 Å². The first-order valence-corrected chi connectivity index (χ1v) is 12.4. The highest BCUT2D eigenvalue weighted by Gasteiger charge is 2.30. The van der Waals surface area contributed by atoms with Gasteiger partial charge in [-0.2, -0.15) is 0 Å².